The number of methoxy groups -OCH3 is 1. The molecule has 0 atom stereocenters. The molecular weight excluding hydrogens is 474 g/mol. The van der Waals surface area contributed by atoms with Gasteiger partial charge in [-0.05, 0) is 42.8 Å². The zero-order valence-corrected chi connectivity index (χ0v) is 16.9. The van der Waals surface area contributed by atoms with Crippen molar-refractivity contribution in [2.24, 2.45) is 10.7 Å². The van der Waals surface area contributed by atoms with Gasteiger partial charge in [0.05, 0.1) is 12.7 Å². The van der Waals surface area contributed by atoms with Gasteiger partial charge in [-0.2, -0.15) is 13.2 Å². The van der Waals surface area contributed by atoms with E-state index in [2.05, 4.69) is 20.6 Å². The average Bonchev–Trinajstić information content (AvgIpc) is 2.62. The Kier molecular flexibility index (Phi) is 9.12. The maximum atomic E-state index is 12.4. The fourth-order valence-corrected chi connectivity index (χ4v) is 2.02. The molecule has 148 valence electrons. The second-order valence-corrected chi connectivity index (χ2v) is 5.33. The third-order valence-electron chi connectivity index (χ3n) is 3.38. The molecule has 0 bridgehead atoms. The lowest BCUT2D eigenvalue weighted by molar-refractivity contribution is -0.137. The van der Waals surface area contributed by atoms with Gasteiger partial charge in [0.2, 0.25) is 0 Å². The summed E-state index contributed by atoms with van der Waals surface area (Å²) in [5, 5.41) is 5.89. The summed E-state index contributed by atoms with van der Waals surface area (Å²) in [4.78, 5) is 7.92. The number of nitrogens with two attached hydrogens (primary N) is 1. The molecule has 0 aliphatic carbocycles. The summed E-state index contributed by atoms with van der Waals surface area (Å²) in [7, 11) is 1.59. The maximum Gasteiger partial charge on any atom is 0.417 e. The molecular formula is C17H21F3IN5O. The molecule has 0 radical (unpaired) electrons. The topological polar surface area (TPSA) is 84.6 Å². The zero-order valence-electron chi connectivity index (χ0n) is 14.6. The third kappa shape index (κ3) is 7.89. The molecule has 0 unspecified atom stereocenters. The summed E-state index contributed by atoms with van der Waals surface area (Å²) in [6.07, 6.45) is -2.93. The van der Waals surface area contributed by atoms with Gasteiger partial charge < -0.3 is 21.1 Å². The van der Waals surface area contributed by atoms with E-state index in [4.69, 9.17) is 10.5 Å². The number of alkyl halides is 3. The standard InChI is InChI=1S/C17H20F3N5O.HI/c1-26-14-6-4-13(5-7-14)25-16(21)23-10-2-9-22-15-8-3-12(11-24-15)17(18,19)20;/h3-8,11H,2,9-10H2,1H3,(H,22,24)(H3,21,23,25);1H. The number of aliphatic imine (C=N–C) groups is 1. The van der Waals surface area contributed by atoms with Crippen molar-refractivity contribution in [2.75, 3.05) is 30.8 Å². The van der Waals surface area contributed by atoms with Crippen molar-refractivity contribution in [3.8, 4) is 5.75 Å². The zero-order chi connectivity index (χ0) is 19.0. The highest BCUT2D eigenvalue weighted by Gasteiger charge is 2.30. The predicted molar refractivity (Wildman–Crippen MR) is 111 cm³/mol. The van der Waals surface area contributed by atoms with Crippen LogP contribution in [0.5, 0.6) is 5.75 Å². The Morgan fingerprint density at radius 3 is 2.44 bits per heavy atom. The van der Waals surface area contributed by atoms with Crippen molar-refractivity contribution in [1.82, 2.24) is 4.98 Å². The van der Waals surface area contributed by atoms with E-state index in [-0.39, 0.29) is 29.9 Å². The van der Waals surface area contributed by atoms with Crippen LogP contribution in [0.2, 0.25) is 0 Å². The van der Waals surface area contributed by atoms with Crippen LogP contribution in [-0.4, -0.2) is 31.1 Å². The fourth-order valence-electron chi connectivity index (χ4n) is 2.02. The van der Waals surface area contributed by atoms with Crippen LogP contribution in [0.3, 0.4) is 0 Å². The van der Waals surface area contributed by atoms with Crippen LogP contribution in [0, 0.1) is 0 Å². The first-order chi connectivity index (χ1) is 12.4. The quantitative estimate of drug-likeness (QED) is 0.235. The van der Waals surface area contributed by atoms with Crippen molar-refractivity contribution in [2.45, 2.75) is 12.6 Å². The highest BCUT2D eigenvalue weighted by molar-refractivity contribution is 14.0. The van der Waals surface area contributed by atoms with Gasteiger partial charge in [0.25, 0.3) is 0 Å². The number of benzene rings is 1. The fraction of sp³-hybridized carbons (Fsp3) is 0.294. The number of nitrogens with one attached hydrogen (secondary N) is 2. The lowest BCUT2D eigenvalue weighted by Gasteiger charge is -2.08. The second kappa shape index (κ2) is 10.8. The lowest BCUT2D eigenvalue weighted by Crippen LogP contribution is -2.23. The Balaban J connectivity index is 0.00000364. The molecule has 0 spiro atoms. The Morgan fingerprint density at radius 2 is 1.89 bits per heavy atom. The number of ether oxygens (including phenoxy) is 1. The van der Waals surface area contributed by atoms with Crippen LogP contribution < -0.4 is 21.1 Å². The van der Waals surface area contributed by atoms with E-state index >= 15 is 0 Å². The van der Waals surface area contributed by atoms with Gasteiger partial charge in [0.15, 0.2) is 5.96 Å². The summed E-state index contributed by atoms with van der Waals surface area (Å²) in [5.41, 5.74) is 5.81. The largest absolute Gasteiger partial charge is 0.497 e. The van der Waals surface area contributed by atoms with Gasteiger partial charge in [-0.3, -0.25) is 4.99 Å². The number of aromatic nitrogens is 1. The summed E-state index contributed by atoms with van der Waals surface area (Å²) in [6.45, 7) is 0.973. The van der Waals surface area contributed by atoms with Gasteiger partial charge in [0, 0.05) is 25.0 Å². The summed E-state index contributed by atoms with van der Waals surface area (Å²) in [6, 6.07) is 9.53. The van der Waals surface area contributed by atoms with Crippen LogP contribution in [0.25, 0.3) is 0 Å². The van der Waals surface area contributed by atoms with Crippen LogP contribution in [-0.2, 0) is 6.18 Å². The smallest absolute Gasteiger partial charge is 0.417 e. The number of rotatable bonds is 7. The lowest BCUT2D eigenvalue weighted by atomic mass is 10.3. The minimum Gasteiger partial charge on any atom is -0.497 e. The molecule has 0 aliphatic rings. The van der Waals surface area contributed by atoms with Crippen LogP contribution in [0.1, 0.15) is 12.0 Å². The number of halogens is 4. The number of nitrogens with zero attached hydrogens (tertiary/aromatic N) is 2. The molecule has 1 aromatic heterocycles. The van der Waals surface area contributed by atoms with Gasteiger partial charge >= 0.3 is 6.18 Å². The molecule has 1 aromatic carbocycles. The Hall–Kier alpha value is -2.24. The monoisotopic (exact) mass is 495 g/mol. The van der Waals surface area contributed by atoms with Gasteiger partial charge in [0.1, 0.15) is 11.6 Å². The molecule has 0 amide bonds. The van der Waals surface area contributed by atoms with E-state index in [9.17, 15) is 13.2 Å². The highest BCUT2D eigenvalue weighted by Crippen LogP contribution is 2.28. The SMILES string of the molecule is COc1ccc(NC(N)=NCCCNc2ccc(C(F)(F)F)cn2)cc1.I. The molecule has 1 heterocycles. The highest BCUT2D eigenvalue weighted by atomic mass is 127. The number of pyridine rings is 1. The molecule has 27 heavy (non-hydrogen) atoms. The Morgan fingerprint density at radius 1 is 1.19 bits per heavy atom. The minimum atomic E-state index is -4.38. The summed E-state index contributed by atoms with van der Waals surface area (Å²) >= 11 is 0. The molecule has 0 fully saturated rings. The van der Waals surface area contributed by atoms with Gasteiger partial charge in [-0.15, -0.1) is 24.0 Å². The van der Waals surface area contributed by atoms with Crippen molar-refractivity contribution in [3.63, 3.8) is 0 Å². The molecule has 6 nitrogen and oxygen atoms in total. The van der Waals surface area contributed by atoms with Crippen molar-refractivity contribution >= 4 is 41.4 Å². The Bertz CT molecular complexity index is 721. The average molecular weight is 495 g/mol. The first-order valence-electron chi connectivity index (χ1n) is 7.86. The maximum absolute atomic E-state index is 12.4. The number of hydrogen-bond acceptors (Lipinski definition) is 4. The van der Waals surface area contributed by atoms with Crippen molar-refractivity contribution in [3.05, 3.63) is 48.2 Å². The third-order valence-corrected chi connectivity index (χ3v) is 3.38. The van der Waals surface area contributed by atoms with E-state index in [1.54, 1.807) is 19.2 Å². The van der Waals surface area contributed by atoms with E-state index in [0.717, 1.165) is 23.7 Å². The number of anilines is 2. The molecule has 10 heteroatoms. The number of guanidine groups is 1. The first-order valence-corrected chi connectivity index (χ1v) is 7.86. The van der Waals surface area contributed by atoms with Gasteiger partial charge in [-0.1, -0.05) is 0 Å². The molecule has 4 N–H and O–H groups in total. The Labute approximate surface area is 172 Å². The van der Waals surface area contributed by atoms with Crippen LogP contribution in [0.15, 0.2) is 47.6 Å². The molecule has 2 aromatic rings. The van der Waals surface area contributed by atoms with Crippen LogP contribution >= 0.6 is 24.0 Å². The van der Waals surface area contributed by atoms with E-state index < -0.39 is 11.7 Å². The molecule has 0 saturated heterocycles. The van der Waals surface area contributed by atoms with Crippen molar-refractivity contribution < 1.29 is 17.9 Å². The molecule has 2 rings (SSSR count). The molecule has 0 aliphatic heterocycles. The second-order valence-electron chi connectivity index (χ2n) is 5.33. The minimum absolute atomic E-state index is 0. The predicted octanol–water partition coefficient (Wildman–Crippen LogP) is 3.96. The summed E-state index contributed by atoms with van der Waals surface area (Å²) < 4.78 is 42.4. The summed E-state index contributed by atoms with van der Waals surface area (Å²) in [5.74, 6) is 1.41. The van der Waals surface area contributed by atoms with Crippen molar-refractivity contribution in [1.29, 1.82) is 0 Å². The van der Waals surface area contributed by atoms with E-state index in [1.165, 1.54) is 6.07 Å². The normalized spacial score (nSPS) is 11.5. The van der Waals surface area contributed by atoms with E-state index in [1.807, 2.05) is 12.1 Å². The van der Waals surface area contributed by atoms with Gasteiger partial charge in [-0.25, -0.2) is 4.98 Å². The molecule has 0 saturated carbocycles. The van der Waals surface area contributed by atoms with Crippen LogP contribution in [0.4, 0.5) is 24.7 Å². The number of hydrogen-bond donors (Lipinski definition) is 3. The van der Waals surface area contributed by atoms with E-state index in [0.29, 0.717) is 25.3 Å². The first kappa shape index (κ1) is 22.8.